The van der Waals surface area contributed by atoms with E-state index in [9.17, 15) is 0 Å². The minimum absolute atomic E-state index is 0.247. The maximum absolute atomic E-state index is 5.42. The largest absolute Gasteiger partial charge is 0.381 e. The first kappa shape index (κ1) is 12.0. The van der Waals surface area contributed by atoms with Gasteiger partial charge in [-0.25, -0.2) is 4.98 Å². The lowest BCUT2D eigenvalue weighted by atomic mass is 9.93. The van der Waals surface area contributed by atoms with Crippen molar-refractivity contribution in [1.82, 2.24) is 14.9 Å². The van der Waals surface area contributed by atoms with Crippen molar-refractivity contribution >= 4 is 16.9 Å². The average Bonchev–Trinajstić information content (AvgIpc) is 3.02. The van der Waals surface area contributed by atoms with Gasteiger partial charge in [0.15, 0.2) is 5.17 Å². The van der Waals surface area contributed by atoms with E-state index >= 15 is 0 Å². The molecule has 1 aromatic heterocycles. The highest BCUT2D eigenvalue weighted by atomic mass is 32.2. The smallest absolute Gasteiger partial charge is 0.157 e. The molecular weight excluding hydrogens is 248 g/mol. The molecule has 0 saturated carbocycles. The number of amidine groups is 1. The summed E-state index contributed by atoms with van der Waals surface area (Å²) in [7, 11) is 0. The molecule has 0 aromatic carbocycles. The molecule has 0 bridgehead atoms. The summed E-state index contributed by atoms with van der Waals surface area (Å²) in [6.07, 6.45) is 7.79. The van der Waals surface area contributed by atoms with E-state index in [2.05, 4.69) is 15.3 Å². The predicted octanol–water partition coefficient (Wildman–Crippen LogP) is 1.12. The zero-order valence-corrected chi connectivity index (χ0v) is 11.2. The quantitative estimate of drug-likeness (QED) is 0.891. The van der Waals surface area contributed by atoms with Crippen LogP contribution in [0.1, 0.15) is 12.8 Å². The molecule has 1 aromatic rings. The van der Waals surface area contributed by atoms with Crippen LogP contribution in [-0.2, 0) is 11.3 Å². The first-order chi connectivity index (χ1) is 8.86. The molecule has 1 spiro atoms. The van der Waals surface area contributed by atoms with Crippen molar-refractivity contribution in [3.63, 3.8) is 0 Å². The van der Waals surface area contributed by atoms with Gasteiger partial charge in [-0.3, -0.25) is 4.99 Å². The Hall–Kier alpha value is -1.01. The van der Waals surface area contributed by atoms with Gasteiger partial charge in [-0.05, 0) is 12.8 Å². The van der Waals surface area contributed by atoms with Gasteiger partial charge in [0.25, 0.3) is 0 Å². The van der Waals surface area contributed by atoms with Crippen LogP contribution in [0.5, 0.6) is 0 Å². The van der Waals surface area contributed by atoms with Gasteiger partial charge in [-0.2, -0.15) is 0 Å². The number of aromatic nitrogens is 2. The number of imidazole rings is 1. The van der Waals surface area contributed by atoms with Gasteiger partial charge in [0.1, 0.15) is 0 Å². The molecule has 2 saturated heterocycles. The van der Waals surface area contributed by atoms with E-state index in [0.717, 1.165) is 50.1 Å². The lowest BCUT2D eigenvalue weighted by Crippen LogP contribution is -2.48. The molecule has 6 heteroatoms. The summed E-state index contributed by atoms with van der Waals surface area (Å²) in [6.45, 7) is 3.44. The van der Waals surface area contributed by atoms with Crippen LogP contribution in [0.15, 0.2) is 23.7 Å². The summed E-state index contributed by atoms with van der Waals surface area (Å²) in [4.78, 5) is 8.65. The summed E-state index contributed by atoms with van der Waals surface area (Å²) in [5.74, 6) is 1.13. The van der Waals surface area contributed by atoms with Crippen LogP contribution in [0.25, 0.3) is 0 Å². The fourth-order valence-electron chi connectivity index (χ4n) is 2.31. The Bertz CT molecular complexity index is 412. The van der Waals surface area contributed by atoms with Crippen LogP contribution < -0.4 is 5.32 Å². The number of nitrogens with zero attached hydrogens (tertiary/aromatic N) is 3. The molecule has 0 amide bonds. The van der Waals surface area contributed by atoms with Crippen molar-refractivity contribution in [2.75, 3.05) is 25.5 Å². The fourth-order valence-corrected chi connectivity index (χ4v) is 3.55. The average molecular weight is 266 g/mol. The predicted molar refractivity (Wildman–Crippen MR) is 72.9 cm³/mol. The van der Waals surface area contributed by atoms with E-state index in [1.807, 2.05) is 28.9 Å². The number of hydrogen-bond acceptors (Lipinski definition) is 4. The van der Waals surface area contributed by atoms with Gasteiger partial charge in [0, 0.05) is 37.9 Å². The van der Waals surface area contributed by atoms with Gasteiger partial charge in [-0.15, -0.1) is 0 Å². The molecule has 5 nitrogen and oxygen atoms in total. The number of rotatable bonds is 3. The molecule has 2 aliphatic heterocycles. The second kappa shape index (κ2) is 5.32. The van der Waals surface area contributed by atoms with Crippen molar-refractivity contribution in [2.24, 2.45) is 4.99 Å². The van der Waals surface area contributed by atoms with E-state index in [4.69, 9.17) is 4.74 Å². The molecular formula is C12H18N4OS. The number of nitrogens with one attached hydrogen (secondary N) is 1. The van der Waals surface area contributed by atoms with E-state index in [1.54, 1.807) is 6.20 Å². The number of thioether (sulfide) groups is 1. The van der Waals surface area contributed by atoms with E-state index in [-0.39, 0.29) is 5.54 Å². The molecule has 2 fully saturated rings. The fraction of sp³-hybridized carbons (Fsp3) is 0.667. The summed E-state index contributed by atoms with van der Waals surface area (Å²) in [5.41, 5.74) is 0.247. The zero-order valence-electron chi connectivity index (χ0n) is 10.3. The van der Waals surface area contributed by atoms with Crippen molar-refractivity contribution in [1.29, 1.82) is 0 Å². The number of aliphatic imine (C=N–C) groups is 1. The van der Waals surface area contributed by atoms with E-state index < -0.39 is 0 Å². The van der Waals surface area contributed by atoms with Crippen molar-refractivity contribution < 1.29 is 4.74 Å². The normalized spacial score (nSPS) is 24.6. The van der Waals surface area contributed by atoms with Crippen LogP contribution in [0.2, 0.25) is 0 Å². The minimum atomic E-state index is 0.247. The van der Waals surface area contributed by atoms with Crippen LogP contribution >= 0.6 is 11.8 Å². The van der Waals surface area contributed by atoms with Crippen molar-refractivity contribution in [3.05, 3.63) is 18.7 Å². The third-order valence-electron chi connectivity index (χ3n) is 3.48. The number of ether oxygens (including phenoxy) is 1. The molecule has 98 valence electrons. The monoisotopic (exact) mass is 266 g/mol. The number of hydrogen-bond donors (Lipinski definition) is 1. The topological polar surface area (TPSA) is 51.4 Å². The molecule has 3 heterocycles. The third-order valence-corrected chi connectivity index (χ3v) is 4.68. The van der Waals surface area contributed by atoms with Gasteiger partial charge in [0.05, 0.1) is 18.4 Å². The summed E-state index contributed by atoms with van der Waals surface area (Å²) in [5, 5.41) is 4.69. The lowest BCUT2D eigenvalue weighted by molar-refractivity contribution is 0.0555. The molecule has 0 atom stereocenters. The summed E-state index contributed by atoms with van der Waals surface area (Å²) in [6, 6.07) is 0. The minimum Gasteiger partial charge on any atom is -0.381 e. The Labute approximate surface area is 111 Å². The maximum Gasteiger partial charge on any atom is 0.157 e. The standard InChI is InChI=1S/C12H18N4OS/c1-7-17-8-2-12(1)9-18-11(15-12)14-4-6-16-5-3-13-10-16/h3,5,10H,1-2,4,6-9H2,(H,14,15). The summed E-state index contributed by atoms with van der Waals surface area (Å²) < 4.78 is 7.47. The third kappa shape index (κ3) is 2.70. The Morgan fingerprint density at radius 3 is 3.17 bits per heavy atom. The molecule has 2 aliphatic rings. The zero-order chi connectivity index (χ0) is 12.3. The highest BCUT2D eigenvalue weighted by Gasteiger charge is 2.38. The molecule has 18 heavy (non-hydrogen) atoms. The molecule has 3 rings (SSSR count). The molecule has 1 N–H and O–H groups in total. The maximum atomic E-state index is 5.42. The molecule has 0 aliphatic carbocycles. The van der Waals surface area contributed by atoms with Crippen molar-refractivity contribution in [2.45, 2.75) is 24.9 Å². The Morgan fingerprint density at radius 1 is 1.50 bits per heavy atom. The van der Waals surface area contributed by atoms with Gasteiger partial charge < -0.3 is 14.6 Å². The van der Waals surface area contributed by atoms with Crippen LogP contribution in [0.4, 0.5) is 0 Å². The second-order valence-corrected chi connectivity index (χ2v) is 5.76. The van der Waals surface area contributed by atoms with E-state index in [1.165, 1.54) is 0 Å². The van der Waals surface area contributed by atoms with Crippen molar-refractivity contribution in [3.8, 4) is 0 Å². The first-order valence-electron chi connectivity index (χ1n) is 6.35. The van der Waals surface area contributed by atoms with Crippen LogP contribution in [0, 0.1) is 0 Å². The molecule has 0 radical (unpaired) electrons. The Balaban J connectivity index is 1.51. The Morgan fingerprint density at radius 2 is 2.39 bits per heavy atom. The lowest BCUT2D eigenvalue weighted by Gasteiger charge is -2.32. The van der Waals surface area contributed by atoms with E-state index in [0.29, 0.717) is 0 Å². The van der Waals surface area contributed by atoms with Crippen LogP contribution in [0.3, 0.4) is 0 Å². The highest BCUT2D eigenvalue weighted by Crippen LogP contribution is 2.31. The second-order valence-electron chi connectivity index (χ2n) is 4.79. The summed E-state index contributed by atoms with van der Waals surface area (Å²) >= 11 is 1.84. The van der Waals surface area contributed by atoms with Gasteiger partial charge in [0.2, 0.25) is 0 Å². The SMILES string of the molecule is c1cn(CCN=C2NC3(CCOCC3)CS2)cn1. The van der Waals surface area contributed by atoms with Gasteiger partial charge >= 0.3 is 0 Å². The van der Waals surface area contributed by atoms with Gasteiger partial charge in [-0.1, -0.05) is 11.8 Å². The highest BCUT2D eigenvalue weighted by molar-refractivity contribution is 8.14. The van der Waals surface area contributed by atoms with Crippen LogP contribution in [-0.4, -0.2) is 45.8 Å². The molecule has 0 unspecified atom stereocenters. The first-order valence-corrected chi connectivity index (χ1v) is 7.34. The Kier molecular flexibility index (Phi) is 3.56.